The lowest BCUT2D eigenvalue weighted by Gasteiger charge is -2.24. The Morgan fingerprint density at radius 3 is 2.41 bits per heavy atom. The highest BCUT2D eigenvalue weighted by Gasteiger charge is 2.27. The molecule has 2 amide bonds. The molecule has 0 saturated carbocycles. The van der Waals surface area contributed by atoms with Crippen molar-refractivity contribution in [3.05, 3.63) is 109 Å². The van der Waals surface area contributed by atoms with Crippen LogP contribution in [0.3, 0.4) is 0 Å². The van der Waals surface area contributed by atoms with Crippen LogP contribution in [0.15, 0.2) is 112 Å². The van der Waals surface area contributed by atoms with Gasteiger partial charge in [-0.25, -0.2) is 13.8 Å². The maximum absolute atomic E-state index is 13.4. The lowest BCUT2D eigenvalue weighted by molar-refractivity contribution is -0.123. The molecule has 41 heavy (non-hydrogen) atoms. The Bertz CT molecular complexity index is 1570. The predicted octanol–water partition coefficient (Wildman–Crippen LogP) is 3.33. The van der Waals surface area contributed by atoms with E-state index < -0.39 is 22.5 Å². The summed E-state index contributed by atoms with van der Waals surface area (Å²) in [5, 5.41) is 6.63. The van der Waals surface area contributed by atoms with E-state index in [1.54, 1.807) is 72.8 Å². The molecule has 4 aromatic rings. The van der Waals surface area contributed by atoms with Gasteiger partial charge in [-0.1, -0.05) is 24.3 Å². The molecule has 0 aliphatic heterocycles. The van der Waals surface area contributed by atoms with E-state index in [-0.39, 0.29) is 29.6 Å². The van der Waals surface area contributed by atoms with Gasteiger partial charge in [-0.2, -0.15) is 5.10 Å². The second kappa shape index (κ2) is 13.8. The van der Waals surface area contributed by atoms with E-state index >= 15 is 0 Å². The number of benzene rings is 3. The standard InChI is InChI=1S/C29H28N4O7S/c1-38-25-8-5-7-23(17-25)33(41(36,37)27-10-3-2-4-11-27)20-28(34)32-31-18-22-12-14-24(15-13-22)40-21-29(35)30-19-26-9-6-16-39-26/h2-18H,19-21H2,1H3,(H,30,35)(H,32,34)/b31-18-. The van der Waals surface area contributed by atoms with Gasteiger partial charge in [0.25, 0.3) is 21.8 Å². The molecule has 0 aliphatic rings. The number of methoxy groups -OCH3 is 1. The summed E-state index contributed by atoms with van der Waals surface area (Å²) in [7, 11) is -2.60. The zero-order chi connectivity index (χ0) is 29.1. The fourth-order valence-corrected chi connectivity index (χ4v) is 5.03. The molecule has 1 heterocycles. The number of hydrazone groups is 1. The Kier molecular flexibility index (Phi) is 9.73. The molecule has 1 aromatic heterocycles. The average Bonchev–Trinajstić information content (AvgIpc) is 3.53. The van der Waals surface area contributed by atoms with Crippen molar-refractivity contribution in [2.24, 2.45) is 5.10 Å². The van der Waals surface area contributed by atoms with Crippen LogP contribution in [0.25, 0.3) is 0 Å². The number of ether oxygens (including phenoxy) is 2. The number of sulfonamides is 1. The second-order valence-electron chi connectivity index (χ2n) is 8.53. The van der Waals surface area contributed by atoms with Crippen molar-refractivity contribution in [2.45, 2.75) is 11.4 Å². The zero-order valence-corrected chi connectivity index (χ0v) is 22.9. The lowest BCUT2D eigenvalue weighted by atomic mass is 10.2. The summed E-state index contributed by atoms with van der Waals surface area (Å²) in [6, 6.07) is 24.4. The fraction of sp³-hybridized carbons (Fsp3) is 0.138. The minimum absolute atomic E-state index is 0.0384. The molecule has 0 fully saturated rings. The largest absolute Gasteiger partial charge is 0.497 e. The first kappa shape index (κ1) is 28.9. The van der Waals surface area contributed by atoms with Gasteiger partial charge in [0.2, 0.25) is 0 Å². The van der Waals surface area contributed by atoms with E-state index in [0.717, 1.165) is 4.31 Å². The summed E-state index contributed by atoms with van der Waals surface area (Å²) in [5.74, 6) is 0.603. The highest BCUT2D eigenvalue weighted by molar-refractivity contribution is 7.92. The van der Waals surface area contributed by atoms with Gasteiger partial charge in [0.15, 0.2) is 6.61 Å². The molecule has 2 N–H and O–H groups in total. The Hall–Kier alpha value is -5.10. The van der Waals surface area contributed by atoms with Crippen LogP contribution in [0.4, 0.5) is 5.69 Å². The second-order valence-corrected chi connectivity index (χ2v) is 10.4. The topological polar surface area (TPSA) is 140 Å². The highest BCUT2D eigenvalue weighted by Crippen LogP contribution is 2.26. The minimum atomic E-state index is -4.07. The summed E-state index contributed by atoms with van der Waals surface area (Å²) in [5.41, 5.74) is 3.27. The monoisotopic (exact) mass is 576 g/mol. The number of anilines is 1. The molecule has 0 aliphatic carbocycles. The van der Waals surface area contributed by atoms with Crippen LogP contribution in [-0.4, -0.2) is 46.7 Å². The first-order valence-electron chi connectivity index (χ1n) is 12.4. The summed E-state index contributed by atoms with van der Waals surface area (Å²) in [6.07, 6.45) is 2.93. The Morgan fingerprint density at radius 1 is 0.927 bits per heavy atom. The Morgan fingerprint density at radius 2 is 1.71 bits per heavy atom. The number of carbonyl (C=O) groups is 2. The van der Waals surface area contributed by atoms with Crippen LogP contribution in [-0.2, 0) is 26.2 Å². The van der Waals surface area contributed by atoms with Gasteiger partial charge >= 0.3 is 0 Å². The molecular weight excluding hydrogens is 548 g/mol. The first-order valence-corrected chi connectivity index (χ1v) is 13.8. The molecule has 12 heteroatoms. The van der Waals surface area contributed by atoms with Crippen molar-refractivity contribution in [2.75, 3.05) is 24.6 Å². The zero-order valence-electron chi connectivity index (χ0n) is 22.1. The fourth-order valence-electron chi connectivity index (χ4n) is 3.59. The van der Waals surface area contributed by atoms with Gasteiger partial charge in [-0.3, -0.25) is 13.9 Å². The predicted molar refractivity (Wildman–Crippen MR) is 152 cm³/mol. The third kappa shape index (κ3) is 8.19. The molecule has 0 saturated heterocycles. The Balaban J connectivity index is 1.34. The molecule has 212 valence electrons. The molecule has 0 spiro atoms. The molecule has 11 nitrogen and oxygen atoms in total. The number of furan rings is 1. The van der Waals surface area contributed by atoms with Crippen molar-refractivity contribution in [3.8, 4) is 11.5 Å². The maximum Gasteiger partial charge on any atom is 0.264 e. The van der Waals surface area contributed by atoms with Crippen molar-refractivity contribution in [1.82, 2.24) is 10.7 Å². The minimum Gasteiger partial charge on any atom is -0.497 e. The molecule has 0 unspecified atom stereocenters. The van der Waals surface area contributed by atoms with Gasteiger partial charge in [0.05, 0.1) is 36.7 Å². The van der Waals surface area contributed by atoms with Crippen molar-refractivity contribution in [1.29, 1.82) is 0 Å². The summed E-state index contributed by atoms with van der Waals surface area (Å²) >= 11 is 0. The first-order chi connectivity index (χ1) is 19.8. The van der Waals surface area contributed by atoms with E-state index in [1.807, 2.05) is 0 Å². The molecule has 0 atom stereocenters. The van der Waals surface area contributed by atoms with Gasteiger partial charge < -0.3 is 19.2 Å². The summed E-state index contributed by atoms with van der Waals surface area (Å²) < 4.78 is 43.7. The van der Waals surface area contributed by atoms with E-state index in [4.69, 9.17) is 13.9 Å². The summed E-state index contributed by atoms with van der Waals surface area (Å²) in [4.78, 5) is 24.7. The summed E-state index contributed by atoms with van der Waals surface area (Å²) in [6.45, 7) is -0.415. The van der Waals surface area contributed by atoms with E-state index in [0.29, 0.717) is 22.8 Å². The molecule has 3 aromatic carbocycles. The number of hydrogen-bond donors (Lipinski definition) is 2. The molecule has 0 bridgehead atoms. The van der Waals surface area contributed by atoms with Crippen LogP contribution >= 0.6 is 0 Å². The van der Waals surface area contributed by atoms with Gasteiger partial charge in [-0.05, 0) is 66.2 Å². The highest BCUT2D eigenvalue weighted by atomic mass is 32.2. The van der Waals surface area contributed by atoms with Gasteiger partial charge in [0.1, 0.15) is 23.8 Å². The van der Waals surface area contributed by atoms with Crippen LogP contribution in [0, 0.1) is 0 Å². The van der Waals surface area contributed by atoms with Crippen LogP contribution in [0.2, 0.25) is 0 Å². The number of hydrogen-bond acceptors (Lipinski definition) is 8. The number of carbonyl (C=O) groups excluding carboxylic acids is 2. The molecular formula is C29H28N4O7S. The van der Waals surface area contributed by atoms with Crippen molar-refractivity contribution in [3.63, 3.8) is 0 Å². The average molecular weight is 577 g/mol. The smallest absolute Gasteiger partial charge is 0.264 e. The third-order valence-electron chi connectivity index (χ3n) is 5.65. The van der Waals surface area contributed by atoms with E-state index in [9.17, 15) is 18.0 Å². The van der Waals surface area contributed by atoms with Gasteiger partial charge in [-0.15, -0.1) is 0 Å². The number of nitrogens with zero attached hydrogens (tertiary/aromatic N) is 2. The van der Waals surface area contributed by atoms with E-state index in [1.165, 1.54) is 37.8 Å². The third-order valence-corrected chi connectivity index (χ3v) is 7.44. The lowest BCUT2D eigenvalue weighted by Crippen LogP contribution is -2.39. The van der Waals surface area contributed by atoms with Crippen molar-refractivity contribution < 1.29 is 31.9 Å². The number of amides is 2. The molecule has 0 radical (unpaired) electrons. The normalized spacial score (nSPS) is 11.1. The number of nitrogens with one attached hydrogen (secondary N) is 2. The van der Waals surface area contributed by atoms with Crippen LogP contribution in [0.1, 0.15) is 11.3 Å². The maximum atomic E-state index is 13.4. The SMILES string of the molecule is COc1cccc(N(CC(=O)N/N=C\c2ccc(OCC(=O)NCc3ccco3)cc2)S(=O)(=O)c2ccccc2)c1. The van der Waals surface area contributed by atoms with Crippen LogP contribution < -0.4 is 24.5 Å². The molecule has 4 rings (SSSR count). The van der Waals surface area contributed by atoms with Crippen molar-refractivity contribution >= 4 is 33.7 Å². The van der Waals surface area contributed by atoms with Crippen LogP contribution in [0.5, 0.6) is 11.5 Å². The van der Waals surface area contributed by atoms with E-state index in [2.05, 4.69) is 15.8 Å². The Labute approximate surface area is 237 Å². The quantitative estimate of drug-likeness (QED) is 0.184. The number of rotatable bonds is 13. The van der Waals surface area contributed by atoms with Gasteiger partial charge in [0, 0.05) is 6.07 Å².